The molecule has 2 aromatic rings. The van der Waals surface area contributed by atoms with Crippen LogP contribution in [0.5, 0.6) is 0 Å². The van der Waals surface area contributed by atoms with E-state index in [9.17, 15) is 18.0 Å². The van der Waals surface area contributed by atoms with Gasteiger partial charge in [0.15, 0.2) is 12.4 Å². The van der Waals surface area contributed by atoms with E-state index in [1.165, 1.54) is 54.9 Å². The SMILES string of the molecule is O=C(OCC(=O)C12CC3CC(CC(C3)C1)C2)c1cccc(S(=O)(=O)NCc2cccs2)c1. The third-order valence-corrected chi connectivity index (χ3v) is 9.64. The predicted molar refractivity (Wildman–Crippen MR) is 121 cm³/mol. The van der Waals surface area contributed by atoms with Crippen LogP contribution >= 0.6 is 11.3 Å². The zero-order chi connectivity index (χ0) is 22.3. The zero-order valence-corrected chi connectivity index (χ0v) is 19.4. The van der Waals surface area contributed by atoms with Gasteiger partial charge in [0, 0.05) is 16.8 Å². The van der Waals surface area contributed by atoms with Gasteiger partial charge in [-0.25, -0.2) is 17.9 Å². The van der Waals surface area contributed by atoms with Gasteiger partial charge < -0.3 is 4.74 Å². The Morgan fingerprint density at radius 1 is 1.03 bits per heavy atom. The molecule has 6 nitrogen and oxygen atoms in total. The number of rotatable bonds is 8. The Morgan fingerprint density at radius 3 is 2.34 bits per heavy atom. The number of thiophene rings is 1. The minimum atomic E-state index is -3.77. The molecule has 4 bridgehead atoms. The summed E-state index contributed by atoms with van der Waals surface area (Å²) in [6.07, 6.45) is 6.52. The summed E-state index contributed by atoms with van der Waals surface area (Å²) in [5.41, 5.74) is -0.186. The first-order chi connectivity index (χ1) is 15.3. The molecule has 6 rings (SSSR count). The lowest BCUT2D eigenvalue weighted by Crippen LogP contribution is -2.51. The Kier molecular flexibility index (Phi) is 5.72. The highest BCUT2D eigenvalue weighted by molar-refractivity contribution is 7.89. The maximum absolute atomic E-state index is 13.1. The van der Waals surface area contributed by atoms with E-state index in [2.05, 4.69) is 4.72 Å². The lowest BCUT2D eigenvalue weighted by molar-refractivity contribution is -0.147. The zero-order valence-electron chi connectivity index (χ0n) is 17.8. The maximum atomic E-state index is 13.1. The van der Waals surface area contributed by atoms with Crippen LogP contribution in [-0.4, -0.2) is 26.8 Å². The fourth-order valence-corrected chi connectivity index (χ4v) is 8.06. The molecule has 1 aromatic carbocycles. The van der Waals surface area contributed by atoms with Crippen molar-refractivity contribution in [3.05, 3.63) is 52.2 Å². The number of carbonyl (C=O) groups excluding carboxylic acids is 2. The lowest BCUT2D eigenvalue weighted by atomic mass is 9.48. The van der Waals surface area contributed by atoms with Crippen molar-refractivity contribution in [2.75, 3.05) is 6.61 Å². The first kappa shape index (κ1) is 21.8. The highest BCUT2D eigenvalue weighted by atomic mass is 32.2. The van der Waals surface area contributed by atoms with Gasteiger partial charge in [0.25, 0.3) is 0 Å². The summed E-state index contributed by atoms with van der Waals surface area (Å²) < 4.78 is 33.1. The van der Waals surface area contributed by atoms with Crippen molar-refractivity contribution in [2.24, 2.45) is 23.2 Å². The minimum absolute atomic E-state index is 0.00378. The first-order valence-corrected chi connectivity index (χ1v) is 13.5. The van der Waals surface area contributed by atoms with Gasteiger partial charge >= 0.3 is 5.97 Å². The van der Waals surface area contributed by atoms with E-state index >= 15 is 0 Å². The molecule has 1 aromatic heterocycles. The third-order valence-electron chi connectivity index (χ3n) is 7.36. The molecule has 170 valence electrons. The second kappa shape index (κ2) is 8.39. The minimum Gasteiger partial charge on any atom is -0.454 e. The Balaban J connectivity index is 1.22. The first-order valence-electron chi connectivity index (χ1n) is 11.2. The van der Waals surface area contributed by atoms with Crippen molar-refractivity contribution in [2.45, 2.75) is 50.0 Å². The summed E-state index contributed by atoms with van der Waals surface area (Å²) in [6.45, 7) is -0.0488. The molecular formula is C24H27NO5S2. The molecule has 0 aliphatic heterocycles. The number of carbonyl (C=O) groups is 2. The summed E-state index contributed by atoms with van der Waals surface area (Å²) in [7, 11) is -3.77. The number of esters is 1. The Labute approximate surface area is 192 Å². The topological polar surface area (TPSA) is 89.5 Å². The highest BCUT2D eigenvalue weighted by Gasteiger charge is 2.54. The summed E-state index contributed by atoms with van der Waals surface area (Å²) in [6, 6.07) is 9.47. The second-order valence-corrected chi connectivity index (χ2v) is 12.4. The van der Waals surface area contributed by atoms with Crippen LogP contribution in [0.4, 0.5) is 0 Å². The van der Waals surface area contributed by atoms with Gasteiger partial charge in [-0.1, -0.05) is 12.1 Å². The van der Waals surface area contributed by atoms with E-state index in [4.69, 9.17) is 4.74 Å². The molecule has 0 atom stereocenters. The van der Waals surface area contributed by atoms with Crippen LogP contribution < -0.4 is 4.72 Å². The normalized spacial score (nSPS) is 28.6. The smallest absolute Gasteiger partial charge is 0.338 e. The molecule has 4 aliphatic rings. The summed E-state index contributed by atoms with van der Waals surface area (Å²) in [4.78, 5) is 26.6. The van der Waals surface area contributed by atoms with Crippen LogP contribution in [0.25, 0.3) is 0 Å². The molecule has 1 heterocycles. The molecule has 0 amide bonds. The van der Waals surface area contributed by atoms with Crippen molar-refractivity contribution in [1.82, 2.24) is 4.72 Å². The van der Waals surface area contributed by atoms with E-state index in [0.717, 1.165) is 24.1 Å². The van der Waals surface area contributed by atoms with E-state index in [1.807, 2.05) is 17.5 Å². The lowest BCUT2D eigenvalue weighted by Gasteiger charge is -2.55. The van der Waals surface area contributed by atoms with E-state index in [-0.39, 0.29) is 34.8 Å². The van der Waals surface area contributed by atoms with Gasteiger partial charge in [0.2, 0.25) is 10.0 Å². The van der Waals surface area contributed by atoms with Crippen LogP contribution in [0, 0.1) is 23.2 Å². The molecule has 0 radical (unpaired) electrons. The standard InChI is InChI=1S/C24H27NO5S2/c26-22(24-11-16-7-17(12-24)9-18(8-16)13-24)15-30-23(27)19-3-1-5-21(10-19)32(28,29)25-14-20-4-2-6-31-20/h1-6,10,16-18,25H,7-9,11-15H2. The summed E-state index contributed by atoms with van der Waals surface area (Å²) >= 11 is 1.46. The van der Waals surface area contributed by atoms with Crippen molar-refractivity contribution < 1.29 is 22.7 Å². The monoisotopic (exact) mass is 473 g/mol. The molecule has 4 aliphatic carbocycles. The Morgan fingerprint density at radius 2 is 1.72 bits per heavy atom. The van der Waals surface area contributed by atoms with Gasteiger partial charge in [0.1, 0.15) is 0 Å². The maximum Gasteiger partial charge on any atom is 0.338 e. The van der Waals surface area contributed by atoms with Crippen LogP contribution in [0.2, 0.25) is 0 Å². The van der Waals surface area contributed by atoms with Crippen molar-refractivity contribution in [3.63, 3.8) is 0 Å². The predicted octanol–water partition coefficient (Wildman–Crippen LogP) is 4.17. The van der Waals surface area contributed by atoms with Gasteiger partial charge in [-0.15, -0.1) is 11.3 Å². The number of nitrogens with one attached hydrogen (secondary N) is 1. The highest BCUT2D eigenvalue weighted by Crippen LogP contribution is 2.60. The molecular weight excluding hydrogens is 446 g/mol. The van der Waals surface area contributed by atoms with E-state index in [0.29, 0.717) is 17.8 Å². The largest absolute Gasteiger partial charge is 0.454 e. The van der Waals surface area contributed by atoms with E-state index in [1.54, 1.807) is 0 Å². The van der Waals surface area contributed by atoms with Gasteiger partial charge in [0.05, 0.1) is 10.5 Å². The number of benzene rings is 1. The molecule has 0 saturated heterocycles. The quantitative estimate of drug-likeness (QED) is 0.581. The fourth-order valence-electron chi connectivity index (χ4n) is 6.27. The fraction of sp³-hybridized carbons (Fsp3) is 0.500. The van der Waals surface area contributed by atoms with Gasteiger partial charge in [-0.3, -0.25) is 4.79 Å². The molecule has 4 saturated carbocycles. The summed E-state index contributed by atoms with van der Waals surface area (Å²) in [5, 5.41) is 1.88. The number of ketones is 1. The average Bonchev–Trinajstić information content (AvgIpc) is 3.29. The molecule has 4 fully saturated rings. The van der Waals surface area contributed by atoms with Crippen LogP contribution in [0.1, 0.15) is 53.8 Å². The van der Waals surface area contributed by atoms with Crippen molar-refractivity contribution in [1.29, 1.82) is 0 Å². The van der Waals surface area contributed by atoms with Gasteiger partial charge in [-0.2, -0.15) is 0 Å². The third kappa shape index (κ3) is 4.28. The number of ether oxygens (including phenoxy) is 1. The van der Waals surface area contributed by atoms with E-state index < -0.39 is 16.0 Å². The van der Waals surface area contributed by atoms with Crippen LogP contribution in [-0.2, 0) is 26.1 Å². The average molecular weight is 474 g/mol. The molecule has 0 spiro atoms. The number of hydrogen-bond donors (Lipinski definition) is 1. The van der Waals surface area contributed by atoms with Crippen molar-refractivity contribution >= 4 is 33.1 Å². The second-order valence-electron chi connectivity index (χ2n) is 9.63. The van der Waals surface area contributed by atoms with Crippen molar-refractivity contribution in [3.8, 4) is 0 Å². The number of Topliss-reactive ketones (excluding diaryl/α,β-unsaturated/α-hetero) is 1. The molecule has 8 heteroatoms. The van der Waals surface area contributed by atoms with Crippen LogP contribution in [0.3, 0.4) is 0 Å². The van der Waals surface area contributed by atoms with Crippen LogP contribution in [0.15, 0.2) is 46.7 Å². The summed E-state index contributed by atoms with van der Waals surface area (Å²) in [5.74, 6) is 1.29. The number of hydrogen-bond acceptors (Lipinski definition) is 6. The van der Waals surface area contributed by atoms with Gasteiger partial charge in [-0.05, 0) is 85.9 Å². The Bertz CT molecular complexity index is 1090. The molecule has 0 unspecified atom stereocenters. The molecule has 32 heavy (non-hydrogen) atoms. The Hall–Kier alpha value is -2.03. The molecule has 1 N–H and O–H groups in total. The number of sulfonamides is 1.